The van der Waals surface area contributed by atoms with Crippen molar-refractivity contribution < 1.29 is 0 Å². The maximum atomic E-state index is 5.70. The molecule has 5 nitrogen and oxygen atoms in total. The summed E-state index contributed by atoms with van der Waals surface area (Å²) in [4.78, 5) is 11.4. The quantitative estimate of drug-likeness (QED) is 0.724. The molecule has 0 spiro atoms. The molecule has 0 saturated carbocycles. The largest absolute Gasteiger partial charge is 0.384 e. The number of aromatic amines is 1. The summed E-state index contributed by atoms with van der Waals surface area (Å²) in [5.74, 6) is 1.89. The molecule has 2 aromatic rings. The minimum absolute atomic E-state index is 0.451. The summed E-state index contributed by atoms with van der Waals surface area (Å²) in [6, 6.07) is 1.79. The molecule has 73 valence electrons. The zero-order valence-electron chi connectivity index (χ0n) is 7.81. The van der Waals surface area contributed by atoms with Crippen LogP contribution in [0.2, 0.25) is 0 Å². The molecule has 0 saturated heterocycles. The van der Waals surface area contributed by atoms with Gasteiger partial charge in [0.05, 0.1) is 0 Å². The SMILES string of the molecule is Nc1cc(-c2ncc[nH]2)c2c(n1)[N]C=C2. The first kappa shape index (κ1) is 8.05. The number of nitrogens with one attached hydrogen (secondary N) is 1. The van der Waals surface area contributed by atoms with Gasteiger partial charge in [-0.1, -0.05) is 0 Å². The first-order valence-electron chi connectivity index (χ1n) is 4.52. The monoisotopic (exact) mass is 198 g/mol. The summed E-state index contributed by atoms with van der Waals surface area (Å²) in [5, 5.41) is 4.12. The number of rotatable bonds is 1. The normalized spacial score (nSPS) is 12.5. The minimum atomic E-state index is 0.451. The third-order valence-corrected chi connectivity index (χ3v) is 2.25. The Labute approximate surface area is 86.1 Å². The lowest BCUT2D eigenvalue weighted by Crippen LogP contribution is -1.97. The molecule has 15 heavy (non-hydrogen) atoms. The number of H-pyrrole nitrogens is 1. The maximum Gasteiger partial charge on any atom is 0.162 e. The molecule has 0 fully saturated rings. The molecule has 3 rings (SSSR count). The molecule has 0 aliphatic carbocycles. The molecule has 0 atom stereocenters. The van der Waals surface area contributed by atoms with Gasteiger partial charge in [0.1, 0.15) is 11.6 Å². The topological polar surface area (TPSA) is 81.7 Å². The molecule has 3 heterocycles. The zero-order valence-corrected chi connectivity index (χ0v) is 7.81. The molecule has 5 heteroatoms. The van der Waals surface area contributed by atoms with E-state index >= 15 is 0 Å². The molecule has 0 amide bonds. The highest BCUT2D eigenvalue weighted by Gasteiger charge is 2.16. The van der Waals surface area contributed by atoms with Gasteiger partial charge in [-0.2, -0.15) is 0 Å². The van der Waals surface area contributed by atoms with Gasteiger partial charge in [-0.25, -0.2) is 15.3 Å². The lowest BCUT2D eigenvalue weighted by Gasteiger charge is -2.04. The molecule has 0 bridgehead atoms. The van der Waals surface area contributed by atoms with E-state index in [1.165, 1.54) is 0 Å². The maximum absolute atomic E-state index is 5.70. The van der Waals surface area contributed by atoms with E-state index in [1.807, 2.05) is 6.08 Å². The molecule has 1 radical (unpaired) electrons. The van der Waals surface area contributed by atoms with Crippen LogP contribution in [0.15, 0.2) is 24.7 Å². The number of nitrogens with zero attached hydrogens (tertiary/aromatic N) is 3. The van der Waals surface area contributed by atoms with E-state index in [4.69, 9.17) is 5.73 Å². The van der Waals surface area contributed by atoms with Crippen LogP contribution >= 0.6 is 0 Å². The van der Waals surface area contributed by atoms with Gasteiger partial charge in [0.25, 0.3) is 0 Å². The van der Waals surface area contributed by atoms with E-state index in [-0.39, 0.29) is 0 Å². The Bertz CT molecular complexity index is 527. The highest BCUT2D eigenvalue weighted by atomic mass is 15.0. The van der Waals surface area contributed by atoms with Crippen molar-refractivity contribution in [3.05, 3.63) is 30.2 Å². The van der Waals surface area contributed by atoms with Gasteiger partial charge in [0.15, 0.2) is 5.82 Å². The fourth-order valence-corrected chi connectivity index (χ4v) is 1.61. The summed E-state index contributed by atoms with van der Waals surface area (Å²) in [6.45, 7) is 0. The van der Waals surface area contributed by atoms with Crippen molar-refractivity contribution in [3.63, 3.8) is 0 Å². The predicted molar refractivity (Wildman–Crippen MR) is 57.1 cm³/mol. The molecule has 2 aromatic heterocycles. The standard InChI is InChI=1S/C10H8N5/c11-8-5-7(9-13-3-4-14-9)6-1-2-12-10(6)15-8/h1-5H,(H2,11,15)(H,13,14). The predicted octanol–water partition coefficient (Wildman–Crippen LogP) is 1.27. The van der Waals surface area contributed by atoms with Crippen LogP contribution < -0.4 is 11.1 Å². The van der Waals surface area contributed by atoms with Crippen molar-refractivity contribution in [1.82, 2.24) is 20.3 Å². The Morgan fingerprint density at radius 2 is 2.27 bits per heavy atom. The van der Waals surface area contributed by atoms with Crippen LogP contribution in [0.25, 0.3) is 17.5 Å². The van der Waals surface area contributed by atoms with E-state index in [2.05, 4.69) is 20.3 Å². The average Bonchev–Trinajstić information content (AvgIpc) is 2.86. The minimum Gasteiger partial charge on any atom is -0.384 e. The molecule has 1 aliphatic heterocycles. The smallest absolute Gasteiger partial charge is 0.162 e. The van der Waals surface area contributed by atoms with Crippen molar-refractivity contribution in [2.45, 2.75) is 0 Å². The highest BCUT2D eigenvalue weighted by Crippen LogP contribution is 2.31. The highest BCUT2D eigenvalue weighted by molar-refractivity contribution is 5.81. The van der Waals surface area contributed by atoms with E-state index in [0.29, 0.717) is 11.6 Å². The van der Waals surface area contributed by atoms with Crippen molar-refractivity contribution >= 4 is 17.7 Å². The van der Waals surface area contributed by atoms with Gasteiger partial charge in [0, 0.05) is 29.7 Å². The fourth-order valence-electron chi connectivity index (χ4n) is 1.61. The van der Waals surface area contributed by atoms with Crippen molar-refractivity contribution in [1.29, 1.82) is 0 Å². The summed E-state index contributed by atoms with van der Waals surface area (Å²) < 4.78 is 0. The van der Waals surface area contributed by atoms with Crippen molar-refractivity contribution in [3.8, 4) is 11.4 Å². The Hall–Kier alpha value is -2.30. The third kappa shape index (κ3) is 1.17. The molecule has 3 N–H and O–H groups in total. The van der Waals surface area contributed by atoms with Crippen LogP contribution in [0, 0.1) is 0 Å². The lowest BCUT2D eigenvalue weighted by molar-refractivity contribution is 1.12. The number of anilines is 1. The number of hydrogen-bond donors (Lipinski definition) is 2. The van der Waals surface area contributed by atoms with Crippen LogP contribution in [0.5, 0.6) is 0 Å². The third-order valence-electron chi connectivity index (χ3n) is 2.25. The number of aromatic nitrogens is 3. The summed E-state index contributed by atoms with van der Waals surface area (Å²) >= 11 is 0. The zero-order chi connectivity index (χ0) is 10.3. The van der Waals surface area contributed by atoms with E-state index < -0.39 is 0 Å². The van der Waals surface area contributed by atoms with Crippen molar-refractivity contribution in [2.24, 2.45) is 0 Å². The van der Waals surface area contributed by atoms with Crippen LogP contribution in [0.3, 0.4) is 0 Å². The Balaban J connectivity index is 2.27. The molecule has 0 unspecified atom stereocenters. The van der Waals surface area contributed by atoms with Crippen LogP contribution in [-0.4, -0.2) is 15.0 Å². The summed E-state index contributed by atoms with van der Waals surface area (Å²) in [7, 11) is 0. The lowest BCUT2D eigenvalue weighted by atomic mass is 10.1. The summed E-state index contributed by atoms with van der Waals surface area (Å²) in [5.41, 5.74) is 7.59. The van der Waals surface area contributed by atoms with E-state index in [1.54, 1.807) is 24.7 Å². The first-order chi connectivity index (χ1) is 7.34. The molecular formula is C10H8N5. The number of pyridine rings is 1. The summed E-state index contributed by atoms with van der Waals surface area (Å²) in [6.07, 6.45) is 7.09. The van der Waals surface area contributed by atoms with Gasteiger partial charge < -0.3 is 10.7 Å². The van der Waals surface area contributed by atoms with Crippen LogP contribution in [0.4, 0.5) is 11.6 Å². The average molecular weight is 198 g/mol. The second kappa shape index (κ2) is 2.84. The Morgan fingerprint density at radius 1 is 1.33 bits per heavy atom. The second-order valence-corrected chi connectivity index (χ2v) is 3.21. The number of hydrogen-bond acceptors (Lipinski definition) is 3. The first-order valence-corrected chi connectivity index (χ1v) is 4.52. The number of nitrogens with two attached hydrogens (primary N) is 1. The van der Waals surface area contributed by atoms with Gasteiger partial charge in [-0.15, -0.1) is 0 Å². The van der Waals surface area contributed by atoms with Gasteiger partial charge in [-0.05, 0) is 12.1 Å². The Morgan fingerprint density at radius 3 is 3.07 bits per heavy atom. The van der Waals surface area contributed by atoms with Crippen molar-refractivity contribution in [2.75, 3.05) is 5.73 Å². The molecule has 1 aliphatic rings. The molecular weight excluding hydrogens is 190 g/mol. The number of fused-ring (bicyclic) bond motifs is 1. The number of imidazole rings is 1. The second-order valence-electron chi connectivity index (χ2n) is 3.21. The number of nitrogen functional groups attached to an aromatic ring is 1. The van der Waals surface area contributed by atoms with Gasteiger partial charge in [-0.3, -0.25) is 0 Å². The van der Waals surface area contributed by atoms with E-state index in [0.717, 1.165) is 17.0 Å². The van der Waals surface area contributed by atoms with Gasteiger partial charge >= 0.3 is 0 Å². The van der Waals surface area contributed by atoms with Crippen LogP contribution in [-0.2, 0) is 0 Å². The van der Waals surface area contributed by atoms with E-state index in [9.17, 15) is 0 Å². The van der Waals surface area contributed by atoms with Crippen LogP contribution in [0.1, 0.15) is 5.56 Å². The Kier molecular flexibility index (Phi) is 1.53. The fraction of sp³-hybridized carbons (Fsp3) is 0. The molecule has 0 aromatic carbocycles. The van der Waals surface area contributed by atoms with Gasteiger partial charge in [0.2, 0.25) is 0 Å².